The highest BCUT2D eigenvalue weighted by molar-refractivity contribution is 5.85. The zero-order valence-electron chi connectivity index (χ0n) is 6.82. The van der Waals surface area contributed by atoms with Crippen molar-refractivity contribution in [3.05, 3.63) is 44.3 Å². The SMILES string of the molecule is [N-]=[N+]=Nc1cccc(C=O)c1[N+](=O)[O-]. The third-order valence-corrected chi connectivity index (χ3v) is 1.51. The van der Waals surface area contributed by atoms with Crippen LogP contribution in [0.15, 0.2) is 23.3 Å². The van der Waals surface area contributed by atoms with E-state index in [1.54, 1.807) is 0 Å². The third-order valence-electron chi connectivity index (χ3n) is 1.51. The highest BCUT2D eigenvalue weighted by Gasteiger charge is 2.17. The van der Waals surface area contributed by atoms with E-state index in [0.717, 1.165) is 0 Å². The van der Waals surface area contributed by atoms with E-state index in [4.69, 9.17) is 5.53 Å². The lowest BCUT2D eigenvalue weighted by Crippen LogP contribution is -1.94. The number of carbonyl (C=O) groups is 1. The van der Waals surface area contributed by atoms with Crippen LogP contribution in [0, 0.1) is 10.1 Å². The summed E-state index contributed by atoms with van der Waals surface area (Å²) in [5.41, 5.74) is 7.39. The van der Waals surface area contributed by atoms with E-state index in [-0.39, 0.29) is 11.3 Å². The number of hydrogen-bond donors (Lipinski definition) is 0. The summed E-state index contributed by atoms with van der Waals surface area (Å²) in [5.74, 6) is 0. The number of benzene rings is 1. The molecule has 7 nitrogen and oxygen atoms in total. The van der Waals surface area contributed by atoms with Crippen molar-refractivity contribution >= 4 is 17.7 Å². The topological polar surface area (TPSA) is 109 Å². The molecule has 0 aromatic heterocycles. The van der Waals surface area contributed by atoms with Crippen LogP contribution in [0.3, 0.4) is 0 Å². The number of nitro groups is 1. The van der Waals surface area contributed by atoms with Crippen LogP contribution in [-0.2, 0) is 0 Å². The predicted molar refractivity (Wildman–Crippen MR) is 47.3 cm³/mol. The van der Waals surface area contributed by atoms with E-state index < -0.39 is 10.6 Å². The fourth-order valence-corrected chi connectivity index (χ4v) is 0.972. The molecule has 0 unspecified atom stereocenters. The maximum Gasteiger partial charge on any atom is 0.289 e. The van der Waals surface area contributed by atoms with Gasteiger partial charge in [0, 0.05) is 4.91 Å². The van der Waals surface area contributed by atoms with E-state index in [9.17, 15) is 14.9 Å². The van der Waals surface area contributed by atoms with Crippen LogP contribution in [0.2, 0.25) is 0 Å². The van der Waals surface area contributed by atoms with E-state index in [1.165, 1.54) is 18.2 Å². The monoisotopic (exact) mass is 192 g/mol. The van der Waals surface area contributed by atoms with Gasteiger partial charge in [-0.25, -0.2) is 0 Å². The second-order valence-corrected chi connectivity index (χ2v) is 2.28. The van der Waals surface area contributed by atoms with Crippen LogP contribution in [-0.4, -0.2) is 11.2 Å². The molecule has 0 bridgehead atoms. The fourth-order valence-electron chi connectivity index (χ4n) is 0.972. The van der Waals surface area contributed by atoms with Gasteiger partial charge in [-0.05, 0) is 17.7 Å². The molecule has 7 heteroatoms. The van der Waals surface area contributed by atoms with Crippen LogP contribution in [0.25, 0.3) is 10.4 Å². The van der Waals surface area contributed by atoms with Crippen LogP contribution >= 0.6 is 0 Å². The van der Waals surface area contributed by atoms with Gasteiger partial charge in [-0.2, -0.15) is 0 Å². The minimum atomic E-state index is -0.756. The Labute approximate surface area is 77.7 Å². The Balaban J connectivity index is 3.50. The van der Waals surface area contributed by atoms with Crippen LogP contribution in [0.1, 0.15) is 10.4 Å². The predicted octanol–water partition coefficient (Wildman–Crippen LogP) is 2.35. The zero-order chi connectivity index (χ0) is 10.6. The van der Waals surface area contributed by atoms with Gasteiger partial charge < -0.3 is 0 Å². The van der Waals surface area contributed by atoms with E-state index in [1.807, 2.05) is 0 Å². The highest BCUT2D eigenvalue weighted by atomic mass is 16.6. The highest BCUT2D eigenvalue weighted by Crippen LogP contribution is 2.29. The Morgan fingerprint density at radius 2 is 2.29 bits per heavy atom. The fraction of sp³-hybridized carbons (Fsp3) is 0. The Hall–Kier alpha value is -2.40. The first-order valence-electron chi connectivity index (χ1n) is 3.48. The van der Waals surface area contributed by atoms with Gasteiger partial charge in [0.15, 0.2) is 6.29 Å². The standard InChI is InChI=1S/C7H4N4O3/c8-10-9-6-3-1-2-5(4-12)7(6)11(13)14/h1-4H. The summed E-state index contributed by atoms with van der Waals surface area (Å²) in [5, 5.41) is 13.7. The van der Waals surface area contributed by atoms with Gasteiger partial charge in [-0.15, -0.1) is 0 Å². The maximum atomic E-state index is 10.5. The van der Waals surface area contributed by atoms with Crippen LogP contribution < -0.4 is 0 Å². The molecule has 1 rings (SSSR count). The minimum absolute atomic E-state index is 0.111. The number of nitro benzene ring substituents is 1. The number of hydrogen-bond acceptors (Lipinski definition) is 4. The Bertz CT molecular complexity index is 437. The zero-order valence-corrected chi connectivity index (χ0v) is 6.82. The number of aldehydes is 1. The molecule has 0 amide bonds. The average molecular weight is 192 g/mol. The van der Waals surface area contributed by atoms with Crippen molar-refractivity contribution in [2.45, 2.75) is 0 Å². The average Bonchev–Trinajstić information content (AvgIpc) is 2.17. The molecule has 0 aliphatic carbocycles. The quantitative estimate of drug-likeness (QED) is 0.183. The summed E-state index contributed by atoms with van der Waals surface area (Å²) >= 11 is 0. The van der Waals surface area contributed by atoms with Crippen molar-refractivity contribution in [3.8, 4) is 0 Å². The first-order chi connectivity index (χ1) is 6.70. The van der Waals surface area contributed by atoms with Crippen molar-refractivity contribution in [1.82, 2.24) is 0 Å². The van der Waals surface area contributed by atoms with Crippen molar-refractivity contribution in [2.75, 3.05) is 0 Å². The van der Waals surface area contributed by atoms with Crippen molar-refractivity contribution in [3.63, 3.8) is 0 Å². The second-order valence-electron chi connectivity index (χ2n) is 2.28. The van der Waals surface area contributed by atoms with Crippen molar-refractivity contribution in [1.29, 1.82) is 0 Å². The molecule has 1 aromatic carbocycles. The summed E-state index contributed by atoms with van der Waals surface area (Å²) in [7, 11) is 0. The lowest BCUT2D eigenvalue weighted by molar-refractivity contribution is -0.384. The summed E-state index contributed by atoms with van der Waals surface area (Å²) in [6, 6.07) is 3.95. The van der Waals surface area contributed by atoms with Gasteiger partial charge in [-0.1, -0.05) is 11.2 Å². The Morgan fingerprint density at radius 1 is 1.57 bits per heavy atom. The number of para-hydroxylation sites is 1. The lowest BCUT2D eigenvalue weighted by Gasteiger charge is -1.97. The van der Waals surface area contributed by atoms with Gasteiger partial charge >= 0.3 is 0 Å². The molecule has 0 saturated carbocycles. The van der Waals surface area contributed by atoms with Crippen LogP contribution in [0.5, 0.6) is 0 Å². The summed E-state index contributed by atoms with van der Waals surface area (Å²) < 4.78 is 0. The Morgan fingerprint density at radius 3 is 2.79 bits per heavy atom. The van der Waals surface area contributed by atoms with Gasteiger partial charge in [-0.3, -0.25) is 14.9 Å². The molecule has 0 fully saturated rings. The number of azide groups is 1. The molecule has 0 radical (unpaired) electrons. The molecular weight excluding hydrogens is 188 g/mol. The first kappa shape index (κ1) is 9.69. The maximum absolute atomic E-state index is 10.5. The number of carbonyl (C=O) groups excluding carboxylic acids is 1. The van der Waals surface area contributed by atoms with E-state index >= 15 is 0 Å². The van der Waals surface area contributed by atoms with Gasteiger partial charge in [0.05, 0.1) is 10.5 Å². The van der Waals surface area contributed by atoms with Crippen molar-refractivity contribution < 1.29 is 9.72 Å². The smallest absolute Gasteiger partial charge is 0.289 e. The largest absolute Gasteiger partial charge is 0.298 e. The molecule has 0 atom stereocenters. The summed E-state index contributed by atoms with van der Waals surface area (Å²) in [6.07, 6.45) is 0.342. The van der Waals surface area contributed by atoms with Crippen molar-refractivity contribution in [2.24, 2.45) is 5.11 Å². The summed E-state index contributed by atoms with van der Waals surface area (Å²) in [6.45, 7) is 0. The summed E-state index contributed by atoms with van der Waals surface area (Å²) in [4.78, 5) is 22.7. The molecule has 0 aliphatic rings. The first-order valence-corrected chi connectivity index (χ1v) is 3.48. The molecule has 0 spiro atoms. The van der Waals surface area contributed by atoms with E-state index in [0.29, 0.717) is 6.29 Å². The molecule has 1 aromatic rings. The number of nitrogens with zero attached hydrogens (tertiary/aromatic N) is 4. The molecule has 0 N–H and O–H groups in total. The second kappa shape index (κ2) is 4.01. The molecular formula is C7H4N4O3. The Kier molecular flexibility index (Phi) is 2.78. The van der Waals surface area contributed by atoms with Gasteiger partial charge in [0.1, 0.15) is 5.69 Å². The molecule has 70 valence electrons. The lowest BCUT2D eigenvalue weighted by atomic mass is 10.2. The normalized spacial score (nSPS) is 8.86. The van der Waals surface area contributed by atoms with Crippen LogP contribution in [0.4, 0.5) is 11.4 Å². The molecule has 0 heterocycles. The number of rotatable bonds is 3. The molecule has 0 saturated heterocycles. The van der Waals surface area contributed by atoms with Gasteiger partial charge in [0.2, 0.25) is 0 Å². The molecule has 0 aliphatic heterocycles. The van der Waals surface area contributed by atoms with Gasteiger partial charge in [0.25, 0.3) is 5.69 Å². The molecule has 14 heavy (non-hydrogen) atoms. The third kappa shape index (κ3) is 1.67. The van der Waals surface area contributed by atoms with E-state index in [2.05, 4.69) is 10.0 Å². The minimum Gasteiger partial charge on any atom is -0.298 e.